The van der Waals surface area contributed by atoms with Gasteiger partial charge in [0, 0.05) is 38.3 Å². The first kappa shape index (κ1) is 20.2. The summed E-state index contributed by atoms with van der Waals surface area (Å²) in [5.74, 6) is 0.990. The fourth-order valence-corrected chi connectivity index (χ4v) is 3.17. The van der Waals surface area contributed by atoms with Gasteiger partial charge in [0.05, 0.1) is 6.20 Å². The lowest BCUT2D eigenvalue weighted by atomic mass is 10.1. The van der Waals surface area contributed by atoms with Gasteiger partial charge in [-0.2, -0.15) is 0 Å². The molecular formula is C21H23N3O5. The average Bonchev–Trinajstić information content (AvgIpc) is 2.70. The van der Waals surface area contributed by atoms with Crippen LogP contribution in [0, 0.1) is 13.8 Å². The van der Waals surface area contributed by atoms with Crippen LogP contribution in [0.15, 0.2) is 36.5 Å². The summed E-state index contributed by atoms with van der Waals surface area (Å²) in [7, 11) is 0. The third-order valence-electron chi connectivity index (χ3n) is 4.69. The lowest BCUT2D eigenvalue weighted by molar-refractivity contribution is -0.127. The maximum Gasteiger partial charge on any atom is 0.407 e. The van der Waals surface area contributed by atoms with E-state index in [9.17, 15) is 14.7 Å². The van der Waals surface area contributed by atoms with E-state index in [0.717, 1.165) is 16.7 Å². The van der Waals surface area contributed by atoms with Crippen molar-refractivity contribution >= 4 is 18.1 Å². The van der Waals surface area contributed by atoms with E-state index in [1.807, 2.05) is 26.0 Å². The molecule has 3 rings (SSSR count). The second-order valence-corrected chi connectivity index (χ2v) is 6.87. The van der Waals surface area contributed by atoms with E-state index >= 15 is 0 Å². The molecule has 0 spiro atoms. The number of amides is 2. The summed E-state index contributed by atoms with van der Waals surface area (Å²) in [4.78, 5) is 30.3. The molecule has 0 saturated carbocycles. The largest absolute Gasteiger partial charge is 0.506 e. The van der Waals surface area contributed by atoms with E-state index in [-0.39, 0.29) is 11.7 Å². The Morgan fingerprint density at radius 1 is 1.07 bits per heavy atom. The Hall–Kier alpha value is -3.55. The predicted octanol–water partition coefficient (Wildman–Crippen LogP) is 3.03. The number of aromatic nitrogens is 1. The van der Waals surface area contributed by atoms with Gasteiger partial charge < -0.3 is 24.7 Å². The molecule has 1 aromatic heterocycles. The van der Waals surface area contributed by atoms with E-state index in [0.29, 0.717) is 37.8 Å². The van der Waals surface area contributed by atoms with Gasteiger partial charge in [0.25, 0.3) is 0 Å². The molecule has 1 aliphatic heterocycles. The number of aryl methyl sites for hydroxylation is 2. The van der Waals surface area contributed by atoms with E-state index in [1.165, 1.54) is 23.2 Å². The van der Waals surface area contributed by atoms with Crippen LogP contribution in [0.2, 0.25) is 0 Å². The predicted molar refractivity (Wildman–Crippen MR) is 107 cm³/mol. The molecule has 2 amide bonds. The van der Waals surface area contributed by atoms with Gasteiger partial charge >= 0.3 is 6.09 Å². The van der Waals surface area contributed by atoms with Crippen molar-refractivity contribution in [3.8, 4) is 17.4 Å². The van der Waals surface area contributed by atoms with Crippen molar-refractivity contribution in [1.29, 1.82) is 0 Å². The Balaban J connectivity index is 1.66. The number of aromatic hydroxyl groups is 1. The van der Waals surface area contributed by atoms with Crippen LogP contribution in [0.1, 0.15) is 16.7 Å². The van der Waals surface area contributed by atoms with Crippen LogP contribution >= 0.6 is 0 Å². The topological polar surface area (TPSA) is 103 Å². The minimum atomic E-state index is -0.955. The number of carbonyl (C=O) groups excluding carboxylic acids is 1. The van der Waals surface area contributed by atoms with Crippen LogP contribution in [-0.4, -0.2) is 63.2 Å². The first-order valence-corrected chi connectivity index (χ1v) is 9.22. The third kappa shape index (κ3) is 5.04. The zero-order valence-corrected chi connectivity index (χ0v) is 16.3. The first-order chi connectivity index (χ1) is 13.8. The summed E-state index contributed by atoms with van der Waals surface area (Å²) >= 11 is 0. The summed E-state index contributed by atoms with van der Waals surface area (Å²) in [6, 6.07) is 6.92. The van der Waals surface area contributed by atoms with Crippen molar-refractivity contribution in [2.45, 2.75) is 13.8 Å². The van der Waals surface area contributed by atoms with Crippen LogP contribution in [0.3, 0.4) is 0 Å². The standard InChI is InChI=1S/C21H23N3O5/c1-14-11-16(3-6-19(26)23-7-9-24(10-8-23)21(27)28)12-15(2)20(14)29-18-5-4-17(25)13-22-18/h3-6,11-13,25H,7-10H2,1-2H3,(H,27,28). The van der Waals surface area contributed by atoms with Gasteiger partial charge in [0.15, 0.2) is 0 Å². The molecule has 0 atom stereocenters. The molecular weight excluding hydrogens is 374 g/mol. The van der Waals surface area contributed by atoms with Crippen LogP contribution < -0.4 is 4.74 Å². The van der Waals surface area contributed by atoms with Gasteiger partial charge in [0.2, 0.25) is 11.8 Å². The van der Waals surface area contributed by atoms with Crippen LogP contribution in [0.25, 0.3) is 6.08 Å². The highest BCUT2D eigenvalue weighted by Crippen LogP contribution is 2.29. The van der Waals surface area contributed by atoms with Gasteiger partial charge in [-0.3, -0.25) is 4.79 Å². The van der Waals surface area contributed by atoms with Gasteiger partial charge in [-0.15, -0.1) is 0 Å². The van der Waals surface area contributed by atoms with E-state index in [2.05, 4.69) is 4.98 Å². The maximum atomic E-state index is 12.4. The van der Waals surface area contributed by atoms with Crippen molar-refractivity contribution in [2.75, 3.05) is 26.2 Å². The number of benzene rings is 1. The van der Waals surface area contributed by atoms with E-state index in [4.69, 9.17) is 9.84 Å². The number of hydrogen-bond acceptors (Lipinski definition) is 5. The number of piperazine rings is 1. The molecule has 2 N–H and O–H groups in total. The lowest BCUT2D eigenvalue weighted by Crippen LogP contribution is -2.49. The molecule has 2 aromatic rings. The fourth-order valence-electron chi connectivity index (χ4n) is 3.17. The molecule has 1 saturated heterocycles. The van der Waals surface area contributed by atoms with Crippen LogP contribution in [-0.2, 0) is 4.79 Å². The number of carbonyl (C=O) groups is 2. The monoisotopic (exact) mass is 397 g/mol. The Morgan fingerprint density at radius 2 is 1.69 bits per heavy atom. The lowest BCUT2D eigenvalue weighted by Gasteiger charge is -2.32. The molecule has 0 radical (unpaired) electrons. The normalized spacial score (nSPS) is 14.3. The van der Waals surface area contributed by atoms with Crippen molar-refractivity contribution in [3.63, 3.8) is 0 Å². The average molecular weight is 397 g/mol. The van der Waals surface area contributed by atoms with E-state index < -0.39 is 6.09 Å². The molecule has 0 bridgehead atoms. The number of rotatable bonds is 4. The molecule has 2 heterocycles. The summed E-state index contributed by atoms with van der Waals surface area (Å²) in [5, 5.41) is 18.3. The fraction of sp³-hybridized carbons (Fsp3) is 0.286. The minimum absolute atomic E-state index is 0.0697. The number of hydrogen-bond donors (Lipinski definition) is 2. The van der Waals surface area contributed by atoms with E-state index in [1.54, 1.807) is 17.0 Å². The van der Waals surface area contributed by atoms with Crippen molar-refractivity contribution in [2.24, 2.45) is 0 Å². The molecule has 8 heteroatoms. The summed E-state index contributed by atoms with van der Waals surface area (Å²) in [6.45, 7) is 5.24. The number of pyridine rings is 1. The molecule has 0 unspecified atom stereocenters. The Labute approximate surface area is 168 Å². The third-order valence-corrected chi connectivity index (χ3v) is 4.69. The molecule has 152 valence electrons. The van der Waals surface area contributed by atoms with Gasteiger partial charge in [0.1, 0.15) is 11.5 Å². The Bertz CT molecular complexity index is 909. The van der Waals surface area contributed by atoms with Crippen molar-refractivity contribution in [3.05, 3.63) is 53.2 Å². The summed E-state index contributed by atoms with van der Waals surface area (Å²) < 4.78 is 5.83. The highest BCUT2D eigenvalue weighted by molar-refractivity contribution is 5.92. The molecule has 0 aliphatic carbocycles. The summed E-state index contributed by atoms with van der Waals surface area (Å²) in [6.07, 6.45) is 3.61. The first-order valence-electron chi connectivity index (χ1n) is 9.22. The second kappa shape index (κ2) is 8.64. The zero-order chi connectivity index (χ0) is 21.0. The molecule has 1 aliphatic rings. The summed E-state index contributed by atoms with van der Waals surface area (Å²) in [5.41, 5.74) is 2.65. The maximum absolute atomic E-state index is 12.4. The van der Waals surface area contributed by atoms with Crippen molar-refractivity contribution in [1.82, 2.24) is 14.8 Å². The highest BCUT2D eigenvalue weighted by Gasteiger charge is 2.22. The van der Waals surface area contributed by atoms with Gasteiger partial charge in [-0.25, -0.2) is 9.78 Å². The Kier molecular flexibility index (Phi) is 6.01. The molecule has 8 nitrogen and oxygen atoms in total. The molecule has 29 heavy (non-hydrogen) atoms. The number of ether oxygens (including phenoxy) is 1. The zero-order valence-electron chi connectivity index (χ0n) is 16.3. The number of nitrogens with zero attached hydrogens (tertiary/aromatic N) is 3. The van der Waals surface area contributed by atoms with Crippen LogP contribution in [0.4, 0.5) is 4.79 Å². The highest BCUT2D eigenvalue weighted by atomic mass is 16.5. The van der Waals surface area contributed by atoms with Gasteiger partial charge in [-0.05, 0) is 54.8 Å². The minimum Gasteiger partial charge on any atom is -0.506 e. The van der Waals surface area contributed by atoms with Crippen molar-refractivity contribution < 1.29 is 24.5 Å². The number of carboxylic acid groups (broad SMARTS) is 1. The smallest absolute Gasteiger partial charge is 0.407 e. The SMILES string of the molecule is Cc1cc(C=CC(=O)N2CCN(C(=O)O)CC2)cc(C)c1Oc1ccc(O)cn1. The molecule has 1 aromatic carbocycles. The second-order valence-electron chi connectivity index (χ2n) is 6.87. The molecule has 1 fully saturated rings. The quantitative estimate of drug-likeness (QED) is 0.769. The van der Waals surface area contributed by atoms with Gasteiger partial charge in [-0.1, -0.05) is 0 Å². The van der Waals surface area contributed by atoms with Crippen LogP contribution in [0.5, 0.6) is 17.4 Å². The Morgan fingerprint density at radius 3 is 2.24 bits per heavy atom.